The Morgan fingerprint density at radius 2 is 1.30 bits per heavy atom. The minimum absolute atomic E-state index is 0.0499. The predicted octanol–water partition coefficient (Wildman–Crippen LogP) is 5.66. The van der Waals surface area contributed by atoms with E-state index in [4.69, 9.17) is 0 Å². The van der Waals surface area contributed by atoms with Crippen LogP contribution in [0.3, 0.4) is 0 Å². The van der Waals surface area contributed by atoms with Gasteiger partial charge in [0.05, 0.1) is 23.2 Å². The number of hydrazone groups is 1. The lowest BCUT2D eigenvalue weighted by Crippen LogP contribution is -2.07. The second-order valence-corrected chi connectivity index (χ2v) is 6.70. The lowest BCUT2D eigenvalue weighted by Gasteiger charge is -2.09. The second kappa shape index (κ2) is 9.03. The molecule has 0 fully saturated rings. The van der Waals surface area contributed by atoms with E-state index in [1.165, 1.54) is 6.07 Å². The molecule has 4 rings (SSSR count). The topological polar surface area (TPSA) is 70.4 Å². The van der Waals surface area contributed by atoms with Crippen LogP contribution in [0.15, 0.2) is 65.8 Å². The van der Waals surface area contributed by atoms with E-state index < -0.39 is 34.6 Å². The van der Waals surface area contributed by atoms with E-state index in [2.05, 4.69) is 20.5 Å². The number of para-hydroxylation sites is 1. The van der Waals surface area contributed by atoms with E-state index in [-0.39, 0.29) is 11.7 Å². The van der Waals surface area contributed by atoms with E-state index >= 15 is 0 Å². The highest BCUT2D eigenvalue weighted by Crippen LogP contribution is 2.30. The molecular formula is C23H13F5N4O. The number of anilines is 1. The molecule has 0 aliphatic heterocycles. The first-order valence-corrected chi connectivity index (χ1v) is 9.40. The molecule has 0 aliphatic rings. The number of aromatic nitrogens is 2. The molecule has 0 radical (unpaired) electrons. The SMILES string of the molecule is Oc1ccccc1-c1cc(-c2ccccc2)nc(N/N=C\c2c(F)c(F)c(F)c(F)c2F)n1. The normalized spacial score (nSPS) is 11.2. The molecule has 1 heterocycles. The van der Waals surface area contributed by atoms with Crippen molar-refractivity contribution < 1.29 is 27.1 Å². The van der Waals surface area contributed by atoms with Crippen molar-refractivity contribution in [2.75, 3.05) is 5.43 Å². The fourth-order valence-electron chi connectivity index (χ4n) is 2.97. The number of nitrogens with zero attached hydrogens (tertiary/aromatic N) is 3. The molecule has 0 aliphatic carbocycles. The molecule has 0 unspecified atom stereocenters. The van der Waals surface area contributed by atoms with Gasteiger partial charge in [0, 0.05) is 11.1 Å². The highest BCUT2D eigenvalue weighted by atomic mass is 19.2. The van der Waals surface area contributed by atoms with E-state index in [9.17, 15) is 27.1 Å². The summed E-state index contributed by atoms with van der Waals surface area (Å²) in [5.41, 5.74) is 2.92. The van der Waals surface area contributed by atoms with E-state index in [1.807, 2.05) is 6.07 Å². The van der Waals surface area contributed by atoms with Crippen molar-refractivity contribution in [3.05, 3.63) is 95.3 Å². The quantitative estimate of drug-likeness (QED) is 0.134. The van der Waals surface area contributed by atoms with E-state index in [1.54, 1.807) is 48.5 Å². The summed E-state index contributed by atoms with van der Waals surface area (Å²) in [6.07, 6.45) is 0.439. The van der Waals surface area contributed by atoms with Gasteiger partial charge in [-0.3, -0.25) is 0 Å². The summed E-state index contributed by atoms with van der Waals surface area (Å²) in [4.78, 5) is 8.49. The average molecular weight is 456 g/mol. The second-order valence-electron chi connectivity index (χ2n) is 6.70. The number of phenolic OH excluding ortho intramolecular Hbond substituents is 1. The molecule has 0 saturated heterocycles. The van der Waals surface area contributed by atoms with Crippen LogP contribution in [0.2, 0.25) is 0 Å². The van der Waals surface area contributed by atoms with Gasteiger partial charge in [0.1, 0.15) is 5.75 Å². The number of hydrogen-bond acceptors (Lipinski definition) is 5. The smallest absolute Gasteiger partial charge is 0.244 e. The average Bonchev–Trinajstić information content (AvgIpc) is 2.84. The molecule has 0 amide bonds. The fourth-order valence-corrected chi connectivity index (χ4v) is 2.97. The molecule has 4 aromatic rings. The van der Waals surface area contributed by atoms with Gasteiger partial charge in [-0.2, -0.15) is 5.10 Å². The van der Waals surface area contributed by atoms with Gasteiger partial charge in [0.25, 0.3) is 0 Å². The number of rotatable bonds is 5. The Kier molecular flexibility index (Phi) is 5.99. The number of nitrogens with one attached hydrogen (secondary N) is 1. The van der Waals surface area contributed by atoms with E-state index in [0.717, 1.165) is 0 Å². The Hall–Kier alpha value is -4.34. The maximum absolute atomic E-state index is 13.8. The van der Waals surface area contributed by atoms with Crippen molar-refractivity contribution >= 4 is 12.2 Å². The first-order chi connectivity index (χ1) is 15.9. The zero-order valence-corrected chi connectivity index (χ0v) is 16.5. The molecule has 33 heavy (non-hydrogen) atoms. The summed E-state index contributed by atoms with van der Waals surface area (Å²) >= 11 is 0. The minimum atomic E-state index is -2.26. The van der Waals surface area contributed by atoms with Gasteiger partial charge >= 0.3 is 0 Å². The van der Waals surface area contributed by atoms with Crippen molar-refractivity contribution in [3.8, 4) is 28.3 Å². The summed E-state index contributed by atoms with van der Waals surface area (Å²) in [7, 11) is 0. The summed E-state index contributed by atoms with van der Waals surface area (Å²) < 4.78 is 67.7. The first kappa shape index (κ1) is 21.9. The monoisotopic (exact) mass is 456 g/mol. The third-order valence-corrected chi connectivity index (χ3v) is 4.58. The van der Waals surface area contributed by atoms with Gasteiger partial charge < -0.3 is 5.11 Å². The molecular weight excluding hydrogens is 443 g/mol. The third kappa shape index (κ3) is 4.36. The Morgan fingerprint density at radius 3 is 1.97 bits per heavy atom. The highest BCUT2D eigenvalue weighted by Gasteiger charge is 2.24. The number of halogens is 5. The van der Waals surface area contributed by atoms with Gasteiger partial charge in [0.15, 0.2) is 23.3 Å². The number of phenols is 1. The van der Waals surface area contributed by atoms with Crippen molar-refractivity contribution in [1.29, 1.82) is 0 Å². The minimum Gasteiger partial charge on any atom is -0.507 e. The van der Waals surface area contributed by atoms with E-state index in [0.29, 0.717) is 28.7 Å². The summed E-state index contributed by atoms with van der Waals surface area (Å²) in [5.74, 6) is -10.7. The molecule has 0 saturated carbocycles. The molecule has 0 bridgehead atoms. The molecule has 1 aromatic heterocycles. The van der Waals surface area contributed by atoms with Gasteiger partial charge in [-0.15, -0.1) is 0 Å². The molecule has 166 valence electrons. The highest BCUT2D eigenvalue weighted by molar-refractivity contribution is 5.81. The van der Waals surface area contributed by atoms with Crippen LogP contribution in [0.4, 0.5) is 27.9 Å². The predicted molar refractivity (Wildman–Crippen MR) is 112 cm³/mol. The molecule has 0 atom stereocenters. The van der Waals surface area contributed by atoms with Crippen molar-refractivity contribution in [1.82, 2.24) is 9.97 Å². The summed E-state index contributed by atoms with van der Waals surface area (Å²) in [5, 5.41) is 13.7. The van der Waals surface area contributed by atoms with Gasteiger partial charge in [-0.05, 0) is 18.2 Å². The van der Waals surface area contributed by atoms with Crippen LogP contribution in [0, 0.1) is 29.1 Å². The van der Waals surface area contributed by atoms with Crippen molar-refractivity contribution in [2.45, 2.75) is 0 Å². The number of aromatic hydroxyl groups is 1. The van der Waals surface area contributed by atoms with Crippen LogP contribution in [0.5, 0.6) is 5.75 Å². The fraction of sp³-hybridized carbons (Fsp3) is 0. The van der Waals surface area contributed by atoms with Crippen LogP contribution in [-0.2, 0) is 0 Å². The molecule has 2 N–H and O–H groups in total. The Balaban J connectivity index is 1.74. The van der Waals surface area contributed by atoms with Crippen LogP contribution in [0.1, 0.15) is 5.56 Å². The number of benzene rings is 3. The molecule has 10 heteroatoms. The lowest BCUT2D eigenvalue weighted by atomic mass is 10.1. The Bertz CT molecular complexity index is 1330. The maximum Gasteiger partial charge on any atom is 0.244 e. The number of hydrogen-bond donors (Lipinski definition) is 2. The van der Waals surface area contributed by atoms with Crippen LogP contribution in [-0.4, -0.2) is 21.3 Å². The van der Waals surface area contributed by atoms with Crippen LogP contribution in [0.25, 0.3) is 22.5 Å². The standard InChI is InChI=1S/C23H13F5N4O/c24-18-14(19(25)21(27)22(28)20(18)26)11-29-32-23-30-15(12-6-2-1-3-7-12)10-16(31-23)13-8-4-5-9-17(13)33/h1-11,33H,(H,30,31,32)/b29-11-. The van der Waals surface area contributed by atoms with Crippen molar-refractivity contribution in [3.63, 3.8) is 0 Å². The Labute approximate surface area is 183 Å². The third-order valence-electron chi connectivity index (χ3n) is 4.58. The maximum atomic E-state index is 13.8. The Morgan fingerprint density at radius 1 is 0.727 bits per heavy atom. The van der Waals surface area contributed by atoms with Gasteiger partial charge in [-0.1, -0.05) is 42.5 Å². The van der Waals surface area contributed by atoms with Crippen molar-refractivity contribution in [2.24, 2.45) is 5.10 Å². The lowest BCUT2D eigenvalue weighted by molar-refractivity contribution is 0.377. The molecule has 5 nitrogen and oxygen atoms in total. The molecule has 3 aromatic carbocycles. The zero-order valence-electron chi connectivity index (χ0n) is 16.5. The zero-order chi connectivity index (χ0) is 23.5. The largest absolute Gasteiger partial charge is 0.507 e. The van der Waals surface area contributed by atoms with Gasteiger partial charge in [0.2, 0.25) is 11.8 Å². The van der Waals surface area contributed by atoms with Gasteiger partial charge in [-0.25, -0.2) is 37.3 Å². The molecule has 0 spiro atoms. The summed E-state index contributed by atoms with van der Waals surface area (Å²) in [6, 6.07) is 16.9. The summed E-state index contributed by atoms with van der Waals surface area (Å²) in [6.45, 7) is 0. The van der Waals surface area contributed by atoms with Crippen LogP contribution < -0.4 is 5.43 Å². The van der Waals surface area contributed by atoms with Crippen LogP contribution >= 0.6 is 0 Å². The first-order valence-electron chi connectivity index (χ1n) is 9.40.